The van der Waals surface area contributed by atoms with E-state index in [1.54, 1.807) is 0 Å². The highest BCUT2D eigenvalue weighted by molar-refractivity contribution is 5.19. The number of hydrogen-bond donors (Lipinski definition) is 1. The van der Waals surface area contributed by atoms with Crippen LogP contribution >= 0.6 is 0 Å². The van der Waals surface area contributed by atoms with Crippen molar-refractivity contribution < 1.29 is 4.42 Å². The molecule has 3 heteroatoms. The number of aromatic nitrogens is 1. The second kappa shape index (κ2) is 4.08. The maximum absolute atomic E-state index is 6.09. The predicted octanol–water partition coefficient (Wildman–Crippen LogP) is 2.95. The molecule has 3 nitrogen and oxygen atoms in total. The molecule has 0 spiro atoms. The summed E-state index contributed by atoms with van der Waals surface area (Å²) in [6.07, 6.45) is 9.21. The minimum absolute atomic E-state index is 0.284. The molecule has 2 N–H and O–H groups in total. The fourth-order valence-corrected chi connectivity index (χ4v) is 5.40. The molecule has 0 unspecified atom stereocenters. The topological polar surface area (TPSA) is 52.0 Å². The van der Waals surface area contributed by atoms with Crippen LogP contribution in [0.25, 0.3) is 0 Å². The lowest BCUT2D eigenvalue weighted by molar-refractivity contribution is -0.0180. The number of aryl methyl sites for hydroxylation is 1. The van der Waals surface area contributed by atoms with Crippen molar-refractivity contribution in [3.05, 3.63) is 17.3 Å². The molecule has 0 amide bonds. The van der Waals surface area contributed by atoms with Crippen LogP contribution in [0.5, 0.6) is 0 Å². The van der Waals surface area contributed by atoms with Gasteiger partial charge in [-0.25, -0.2) is 4.98 Å². The van der Waals surface area contributed by atoms with E-state index in [1.165, 1.54) is 38.5 Å². The summed E-state index contributed by atoms with van der Waals surface area (Å²) in [6, 6.07) is 0. The Labute approximate surface area is 115 Å². The zero-order chi connectivity index (χ0) is 13.0. The van der Waals surface area contributed by atoms with Gasteiger partial charge in [-0.15, -0.1) is 0 Å². The maximum Gasteiger partial charge on any atom is 0.200 e. The van der Waals surface area contributed by atoms with E-state index in [2.05, 4.69) is 0 Å². The molecule has 4 bridgehead atoms. The van der Waals surface area contributed by atoms with Crippen LogP contribution in [-0.2, 0) is 11.8 Å². The van der Waals surface area contributed by atoms with E-state index in [9.17, 15) is 0 Å². The first-order valence-corrected chi connectivity index (χ1v) is 7.85. The van der Waals surface area contributed by atoms with Gasteiger partial charge in [0.25, 0.3) is 0 Å². The van der Waals surface area contributed by atoms with Crippen LogP contribution < -0.4 is 5.73 Å². The fraction of sp³-hybridized carbons (Fsp3) is 0.812. The van der Waals surface area contributed by atoms with Crippen molar-refractivity contribution in [2.45, 2.75) is 57.3 Å². The van der Waals surface area contributed by atoms with E-state index in [1.807, 2.05) is 6.92 Å². The summed E-state index contributed by atoms with van der Waals surface area (Å²) in [4.78, 5) is 4.84. The Kier molecular flexibility index (Phi) is 2.57. The quantitative estimate of drug-likeness (QED) is 0.909. The van der Waals surface area contributed by atoms with Gasteiger partial charge >= 0.3 is 0 Å². The molecule has 1 aromatic heterocycles. The maximum atomic E-state index is 6.09. The Morgan fingerprint density at radius 3 is 2.26 bits per heavy atom. The Morgan fingerprint density at radius 1 is 1.16 bits per heavy atom. The van der Waals surface area contributed by atoms with E-state index >= 15 is 0 Å². The first kappa shape index (κ1) is 12.0. The molecular formula is C16H24N2O. The van der Waals surface area contributed by atoms with E-state index in [4.69, 9.17) is 15.1 Å². The molecule has 0 aromatic carbocycles. The summed E-state index contributed by atoms with van der Waals surface area (Å²) in [5, 5.41) is 0. The zero-order valence-electron chi connectivity index (χ0n) is 11.8. The molecule has 1 aromatic rings. The van der Waals surface area contributed by atoms with Crippen LogP contribution in [0, 0.1) is 24.7 Å². The Morgan fingerprint density at radius 2 is 1.74 bits per heavy atom. The Hall–Kier alpha value is -0.830. The minimum Gasteiger partial charge on any atom is -0.445 e. The summed E-state index contributed by atoms with van der Waals surface area (Å²) in [6.45, 7) is 2.70. The molecule has 0 aliphatic heterocycles. The van der Waals surface area contributed by atoms with E-state index in [0.717, 1.165) is 41.5 Å². The van der Waals surface area contributed by atoms with Crippen molar-refractivity contribution >= 4 is 0 Å². The van der Waals surface area contributed by atoms with Gasteiger partial charge in [0.2, 0.25) is 5.89 Å². The molecule has 0 saturated heterocycles. The summed E-state index contributed by atoms with van der Waals surface area (Å²) in [5.41, 5.74) is 7.04. The van der Waals surface area contributed by atoms with Crippen LogP contribution in [-0.4, -0.2) is 11.5 Å². The van der Waals surface area contributed by atoms with E-state index in [0.29, 0.717) is 6.54 Å². The molecule has 4 aliphatic rings. The van der Waals surface area contributed by atoms with E-state index in [-0.39, 0.29) is 5.41 Å². The zero-order valence-corrected chi connectivity index (χ0v) is 11.8. The highest BCUT2D eigenvalue weighted by atomic mass is 16.4. The van der Waals surface area contributed by atoms with Gasteiger partial charge in [0.1, 0.15) is 5.76 Å². The van der Waals surface area contributed by atoms with Crippen molar-refractivity contribution in [1.82, 2.24) is 4.98 Å². The number of nitrogens with zero attached hydrogens (tertiary/aromatic N) is 1. The number of rotatable bonds is 3. The minimum atomic E-state index is 0.284. The van der Waals surface area contributed by atoms with Gasteiger partial charge in [0, 0.05) is 11.8 Å². The average Bonchev–Trinajstić information content (AvgIpc) is 2.70. The molecule has 4 fully saturated rings. The second-order valence-corrected chi connectivity index (χ2v) is 7.26. The van der Waals surface area contributed by atoms with Crippen LogP contribution in [0.4, 0.5) is 0 Å². The summed E-state index contributed by atoms with van der Waals surface area (Å²) >= 11 is 0. The summed E-state index contributed by atoms with van der Waals surface area (Å²) < 4.78 is 6.09. The van der Waals surface area contributed by atoms with Crippen molar-refractivity contribution in [2.75, 3.05) is 6.54 Å². The predicted molar refractivity (Wildman–Crippen MR) is 73.8 cm³/mol. The van der Waals surface area contributed by atoms with Crippen LogP contribution in [0.3, 0.4) is 0 Å². The first-order valence-electron chi connectivity index (χ1n) is 7.85. The third-order valence-electron chi connectivity index (χ3n) is 5.77. The van der Waals surface area contributed by atoms with Crippen molar-refractivity contribution in [3.8, 4) is 0 Å². The highest BCUT2D eigenvalue weighted by Crippen LogP contribution is 2.60. The lowest BCUT2D eigenvalue weighted by atomic mass is 9.49. The Bertz CT molecular complexity index is 456. The monoisotopic (exact) mass is 260 g/mol. The lowest BCUT2D eigenvalue weighted by Crippen LogP contribution is -2.48. The van der Waals surface area contributed by atoms with Crippen molar-refractivity contribution in [1.29, 1.82) is 0 Å². The molecule has 5 rings (SSSR count). The van der Waals surface area contributed by atoms with Crippen LogP contribution in [0.15, 0.2) is 4.42 Å². The summed E-state index contributed by atoms with van der Waals surface area (Å²) in [7, 11) is 0. The number of hydrogen-bond acceptors (Lipinski definition) is 3. The first-order chi connectivity index (χ1) is 9.18. The van der Waals surface area contributed by atoms with Crippen LogP contribution in [0.2, 0.25) is 0 Å². The normalized spacial score (nSPS) is 40.0. The molecule has 19 heavy (non-hydrogen) atoms. The smallest absolute Gasteiger partial charge is 0.200 e. The molecule has 104 valence electrons. The SMILES string of the molecule is Cc1oc(C23CC4CC(CC(C4)C2)C3)nc1CCN. The highest BCUT2D eigenvalue weighted by Gasteiger charge is 2.54. The van der Waals surface area contributed by atoms with E-state index < -0.39 is 0 Å². The molecule has 1 heterocycles. The third kappa shape index (κ3) is 1.78. The van der Waals surface area contributed by atoms with Gasteiger partial charge in [-0.2, -0.15) is 0 Å². The Balaban J connectivity index is 1.69. The molecule has 0 radical (unpaired) electrons. The molecule has 0 atom stereocenters. The van der Waals surface area contributed by atoms with Gasteiger partial charge < -0.3 is 10.2 Å². The van der Waals surface area contributed by atoms with Crippen molar-refractivity contribution in [2.24, 2.45) is 23.5 Å². The number of nitrogens with two attached hydrogens (primary N) is 1. The van der Waals surface area contributed by atoms with Gasteiger partial charge in [0.05, 0.1) is 5.69 Å². The second-order valence-electron chi connectivity index (χ2n) is 7.26. The summed E-state index contributed by atoms with van der Waals surface area (Å²) in [5.74, 6) is 4.87. The fourth-order valence-electron chi connectivity index (χ4n) is 5.40. The molecular weight excluding hydrogens is 236 g/mol. The average molecular weight is 260 g/mol. The lowest BCUT2D eigenvalue weighted by Gasteiger charge is -2.55. The van der Waals surface area contributed by atoms with Crippen LogP contribution in [0.1, 0.15) is 55.9 Å². The third-order valence-corrected chi connectivity index (χ3v) is 5.77. The van der Waals surface area contributed by atoms with Gasteiger partial charge in [0.15, 0.2) is 0 Å². The molecule has 4 aliphatic carbocycles. The number of oxazole rings is 1. The van der Waals surface area contributed by atoms with Gasteiger partial charge in [-0.1, -0.05) is 0 Å². The van der Waals surface area contributed by atoms with Gasteiger partial charge in [-0.05, 0) is 69.7 Å². The largest absolute Gasteiger partial charge is 0.445 e. The van der Waals surface area contributed by atoms with Gasteiger partial charge in [-0.3, -0.25) is 0 Å². The molecule has 4 saturated carbocycles. The standard InChI is InChI=1S/C16H24N2O/c1-10-14(2-3-17)18-15(19-10)16-7-11-4-12(8-16)6-13(5-11)9-16/h11-13H,2-9,17H2,1H3. The van der Waals surface area contributed by atoms with Crippen molar-refractivity contribution in [3.63, 3.8) is 0 Å².